The highest BCUT2D eigenvalue weighted by Gasteiger charge is 2.15. The van der Waals surface area contributed by atoms with Crippen molar-refractivity contribution in [3.05, 3.63) is 34.7 Å². The van der Waals surface area contributed by atoms with Crippen LogP contribution in [0.25, 0.3) is 11.1 Å². The Morgan fingerprint density at radius 2 is 2.17 bits per heavy atom. The van der Waals surface area contributed by atoms with Gasteiger partial charge in [-0.05, 0) is 26.0 Å². The van der Waals surface area contributed by atoms with Gasteiger partial charge in [-0.15, -0.1) is 11.3 Å². The van der Waals surface area contributed by atoms with Crippen molar-refractivity contribution in [1.29, 1.82) is 5.26 Å². The van der Waals surface area contributed by atoms with E-state index in [1.807, 2.05) is 37.4 Å². The number of nitrogens with zero attached hydrogens (tertiary/aromatic N) is 1. The molecule has 0 radical (unpaired) electrons. The molecular weight excluding hydrogens is 244 g/mol. The first kappa shape index (κ1) is 12.5. The molecule has 0 amide bonds. The van der Waals surface area contributed by atoms with Crippen molar-refractivity contribution in [2.75, 3.05) is 12.3 Å². The quantitative estimate of drug-likeness (QED) is 0.915. The van der Waals surface area contributed by atoms with Crippen molar-refractivity contribution in [2.45, 2.75) is 13.8 Å². The maximum atomic E-state index is 9.18. The summed E-state index contributed by atoms with van der Waals surface area (Å²) in [6, 6.07) is 8.11. The topological polar surface area (TPSA) is 59.0 Å². The predicted molar refractivity (Wildman–Crippen MR) is 74.8 cm³/mol. The number of ether oxygens (including phenoxy) is 1. The molecule has 2 N–H and O–H groups in total. The SMILES string of the molecule is CCOc1ccc(C)cc1-c1csc(N)c1C#N. The van der Waals surface area contributed by atoms with Crippen molar-refractivity contribution in [3.63, 3.8) is 0 Å². The van der Waals surface area contributed by atoms with Crippen molar-refractivity contribution in [3.8, 4) is 22.9 Å². The molecule has 0 unspecified atom stereocenters. The third-order valence-corrected chi connectivity index (χ3v) is 3.47. The first-order valence-corrected chi connectivity index (χ1v) is 6.56. The van der Waals surface area contributed by atoms with E-state index in [0.717, 1.165) is 22.4 Å². The molecule has 0 aliphatic heterocycles. The first-order valence-electron chi connectivity index (χ1n) is 5.68. The van der Waals surface area contributed by atoms with Crippen LogP contribution in [0.1, 0.15) is 18.1 Å². The normalized spacial score (nSPS) is 10.1. The zero-order chi connectivity index (χ0) is 13.1. The van der Waals surface area contributed by atoms with Crippen LogP contribution in [0.3, 0.4) is 0 Å². The van der Waals surface area contributed by atoms with E-state index in [1.165, 1.54) is 11.3 Å². The molecule has 1 aromatic carbocycles. The van der Waals surface area contributed by atoms with Gasteiger partial charge >= 0.3 is 0 Å². The third kappa shape index (κ3) is 2.18. The standard InChI is InChI=1S/C14H14N2OS/c1-3-17-13-5-4-9(2)6-10(13)12-8-18-14(16)11(12)7-15/h4-6,8H,3,16H2,1-2H3. The van der Waals surface area contributed by atoms with Gasteiger partial charge in [0.05, 0.1) is 12.2 Å². The Morgan fingerprint density at radius 3 is 2.83 bits per heavy atom. The summed E-state index contributed by atoms with van der Waals surface area (Å²) >= 11 is 1.38. The van der Waals surface area contributed by atoms with Crippen molar-refractivity contribution >= 4 is 16.3 Å². The van der Waals surface area contributed by atoms with Crippen LogP contribution in [0.15, 0.2) is 23.6 Å². The van der Waals surface area contributed by atoms with Gasteiger partial charge in [-0.1, -0.05) is 11.6 Å². The summed E-state index contributed by atoms with van der Waals surface area (Å²) < 4.78 is 5.61. The lowest BCUT2D eigenvalue weighted by Crippen LogP contribution is -1.95. The van der Waals surface area contributed by atoms with E-state index in [4.69, 9.17) is 10.5 Å². The zero-order valence-electron chi connectivity index (χ0n) is 10.4. The van der Waals surface area contributed by atoms with E-state index in [1.54, 1.807) is 0 Å². The van der Waals surface area contributed by atoms with E-state index < -0.39 is 0 Å². The van der Waals surface area contributed by atoms with Gasteiger partial charge in [-0.25, -0.2) is 0 Å². The van der Waals surface area contributed by atoms with Crippen LogP contribution in [-0.4, -0.2) is 6.61 Å². The second kappa shape index (κ2) is 5.11. The molecule has 1 heterocycles. The molecule has 92 valence electrons. The Bertz CT molecular complexity index is 611. The molecule has 0 bridgehead atoms. The van der Waals surface area contributed by atoms with Crippen LogP contribution in [-0.2, 0) is 0 Å². The summed E-state index contributed by atoms with van der Waals surface area (Å²) in [6.45, 7) is 4.55. The molecule has 2 aromatic rings. The largest absolute Gasteiger partial charge is 0.493 e. The molecule has 0 saturated heterocycles. The number of benzene rings is 1. The molecule has 0 atom stereocenters. The van der Waals surface area contributed by atoms with Crippen molar-refractivity contribution in [2.24, 2.45) is 0 Å². The number of aryl methyl sites for hydroxylation is 1. The summed E-state index contributed by atoms with van der Waals surface area (Å²) in [4.78, 5) is 0. The van der Waals surface area contributed by atoms with E-state index in [9.17, 15) is 5.26 Å². The molecular formula is C14H14N2OS. The molecule has 4 heteroatoms. The minimum atomic E-state index is 0.534. The van der Waals surface area contributed by atoms with E-state index in [0.29, 0.717) is 17.2 Å². The van der Waals surface area contributed by atoms with Crippen LogP contribution in [0, 0.1) is 18.3 Å². The maximum absolute atomic E-state index is 9.18. The lowest BCUT2D eigenvalue weighted by atomic mass is 10.0. The van der Waals surface area contributed by atoms with Gasteiger partial charge in [-0.3, -0.25) is 0 Å². The Hall–Kier alpha value is -1.99. The Labute approximate surface area is 110 Å². The van der Waals surface area contributed by atoms with Gasteiger partial charge in [0, 0.05) is 16.5 Å². The van der Waals surface area contributed by atoms with Crippen molar-refractivity contribution in [1.82, 2.24) is 0 Å². The van der Waals surface area contributed by atoms with Crippen LogP contribution in [0.2, 0.25) is 0 Å². The molecule has 2 rings (SSSR count). The van der Waals surface area contributed by atoms with E-state index in [-0.39, 0.29) is 0 Å². The predicted octanol–water partition coefficient (Wildman–Crippen LogP) is 3.58. The van der Waals surface area contributed by atoms with E-state index in [2.05, 4.69) is 6.07 Å². The number of anilines is 1. The average molecular weight is 258 g/mol. The van der Waals surface area contributed by atoms with Crippen LogP contribution in [0.4, 0.5) is 5.00 Å². The van der Waals surface area contributed by atoms with E-state index >= 15 is 0 Å². The van der Waals surface area contributed by atoms with Crippen LogP contribution in [0.5, 0.6) is 5.75 Å². The van der Waals surface area contributed by atoms with Crippen LogP contribution < -0.4 is 10.5 Å². The Kier molecular flexibility index (Phi) is 3.54. The summed E-state index contributed by atoms with van der Waals surface area (Å²) in [5, 5.41) is 11.6. The summed E-state index contributed by atoms with van der Waals surface area (Å²) in [6.07, 6.45) is 0. The second-order valence-electron chi connectivity index (χ2n) is 3.93. The number of nitrogens with two attached hydrogens (primary N) is 1. The summed E-state index contributed by atoms with van der Waals surface area (Å²) in [5.41, 5.74) is 9.25. The fraction of sp³-hybridized carbons (Fsp3) is 0.214. The summed E-state index contributed by atoms with van der Waals surface area (Å²) in [5.74, 6) is 0.789. The third-order valence-electron chi connectivity index (χ3n) is 2.66. The monoisotopic (exact) mass is 258 g/mol. The molecule has 1 aromatic heterocycles. The maximum Gasteiger partial charge on any atom is 0.127 e. The fourth-order valence-electron chi connectivity index (χ4n) is 1.82. The highest BCUT2D eigenvalue weighted by Crippen LogP contribution is 2.38. The van der Waals surface area contributed by atoms with Crippen molar-refractivity contribution < 1.29 is 4.74 Å². The minimum Gasteiger partial charge on any atom is -0.493 e. The number of hydrogen-bond acceptors (Lipinski definition) is 4. The number of hydrogen-bond donors (Lipinski definition) is 1. The minimum absolute atomic E-state index is 0.534. The molecule has 18 heavy (non-hydrogen) atoms. The molecule has 0 aliphatic carbocycles. The van der Waals surface area contributed by atoms with Gasteiger partial charge in [-0.2, -0.15) is 5.26 Å². The second-order valence-corrected chi connectivity index (χ2v) is 4.84. The lowest BCUT2D eigenvalue weighted by molar-refractivity contribution is 0.341. The number of nitriles is 1. The first-order chi connectivity index (χ1) is 8.67. The van der Waals surface area contributed by atoms with Crippen LogP contribution >= 0.6 is 11.3 Å². The smallest absolute Gasteiger partial charge is 0.127 e. The number of rotatable bonds is 3. The number of thiophene rings is 1. The molecule has 0 spiro atoms. The van der Waals surface area contributed by atoms with Gasteiger partial charge in [0.2, 0.25) is 0 Å². The average Bonchev–Trinajstić information content (AvgIpc) is 2.73. The molecule has 0 aliphatic rings. The highest BCUT2D eigenvalue weighted by atomic mass is 32.1. The fourth-order valence-corrected chi connectivity index (χ4v) is 2.59. The summed E-state index contributed by atoms with van der Waals surface area (Å²) in [7, 11) is 0. The van der Waals surface area contributed by atoms with Gasteiger partial charge in [0.15, 0.2) is 0 Å². The number of nitrogen functional groups attached to an aromatic ring is 1. The zero-order valence-corrected chi connectivity index (χ0v) is 11.2. The lowest BCUT2D eigenvalue weighted by Gasteiger charge is -2.10. The van der Waals surface area contributed by atoms with Gasteiger partial charge in [0.25, 0.3) is 0 Å². The Balaban J connectivity index is 2.62. The van der Waals surface area contributed by atoms with Gasteiger partial charge < -0.3 is 10.5 Å². The Morgan fingerprint density at radius 1 is 1.39 bits per heavy atom. The highest BCUT2D eigenvalue weighted by molar-refractivity contribution is 7.14. The molecule has 0 fully saturated rings. The molecule has 0 saturated carbocycles. The molecule has 3 nitrogen and oxygen atoms in total. The van der Waals surface area contributed by atoms with Gasteiger partial charge in [0.1, 0.15) is 16.8 Å².